The highest BCUT2D eigenvalue weighted by atomic mass is 16.5. The second kappa shape index (κ2) is 6.97. The standard InChI is InChI=1S/C23H26N2O3/c1-16-4-7-21(8-5-16)25(18(3)27)23(10-11-23)20-6-9-22-19(14-20)15-24(17(2)26)12-13-28-22/h4-9,14H,10-13,15H2,1-3H3. The van der Waals surface area contributed by atoms with Crippen LogP contribution in [0.1, 0.15) is 43.4 Å². The van der Waals surface area contributed by atoms with Crippen molar-refractivity contribution in [1.82, 2.24) is 4.90 Å². The lowest BCUT2D eigenvalue weighted by Crippen LogP contribution is -2.39. The lowest BCUT2D eigenvalue weighted by atomic mass is 9.98. The van der Waals surface area contributed by atoms with E-state index in [1.807, 2.05) is 42.2 Å². The Morgan fingerprint density at radius 3 is 2.39 bits per heavy atom. The molecule has 0 aromatic heterocycles. The molecule has 0 radical (unpaired) electrons. The first-order valence-corrected chi connectivity index (χ1v) is 9.80. The zero-order valence-electron chi connectivity index (χ0n) is 16.7. The molecule has 0 saturated heterocycles. The van der Waals surface area contributed by atoms with Gasteiger partial charge in [0.05, 0.1) is 12.1 Å². The number of fused-ring (bicyclic) bond motifs is 1. The highest BCUT2D eigenvalue weighted by molar-refractivity contribution is 5.94. The summed E-state index contributed by atoms with van der Waals surface area (Å²) in [5.74, 6) is 0.916. The number of carbonyl (C=O) groups is 2. The van der Waals surface area contributed by atoms with Crippen molar-refractivity contribution in [2.24, 2.45) is 0 Å². The van der Waals surface area contributed by atoms with Crippen molar-refractivity contribution >= 4 is 17.5 Å². The minimum absolute atomic E-state index is 0.0397. The van der Waals surface area contributed by atoms with Gasteiger partial charge in [0.1, 0.15) is 12.4 Å². The zero-order chi connectivity index (χ0) is 19.9. The average molecular weight is 378 g/mol. The summed E-state index contributed by atoms with van der Waals surface area (Å²) in [6.45, 7) is 6.89. The van der Waals surface area contributed by atoms with Gasteiger partial charge in [0.25, 0.3) is 0 Å². The quantitative estimate of drug-likeness (QED) is 0.817. The number of hydrogen-bond acceptors (Lipinski definition) is 3. The Bertz CT molecular complexity index is 916. The van der Waals surface area contributed by atoms with Gasteiger partial charge in [0.15, 0.2) is 0 Å². The molecule has 0 spiro atoms. The van der Waals surface area contributed by atoms with Crippen molar-refractivity contribution < 1.29 is 14.3 Å². The summed E-state index contributed by atoms with van der Waals surface area (Å²) in [6, 6.07) is 14.3. The lowest BCUT2D eigenvalue weighted by molar-refractivity contribution is -0.129. The molecular formula is C23H26N2O3. The Labute approximate surface area is 165 Å². The molecule has 1 fully saturated rings. The molecule has 1 saturated carbocycles. The van der Waals surface area contributed by atoms with Gasteiger partial charge in [-0.05, 0) is 49.6 Å². The van der Waals surface area contributed by atoms with Gasteiger partial charge in [-0.3, -0.25) is 9.59 Å². The second-order valence-electron chi connectivity index (χ2n) is 7.83. The van der Waals surface area contributed by atoms with Crippen LogP contribution in [-0.4, -0.2) is 29.9 Å². The van der Waals surface area contributed by atoms with Crippen LogP contribution < -0.4 is 9.64 Å². The lowest BCUT2D eigenvalue weighted by Gasteiger charge is -2.32. The molecule has 2 amide bonds. The van der Waals surface area contributed by atoms with E-state index >= 15 is 0 Å². The van der Waals surface area contributed by atoms with Gasteiger partial charge < -0.3 is 14.5 Å². The van der Waals surface area contributed by atoms with E-state index in [1.54, 1.807) is 18.7 Å². The first-order valence-electron chi connectivity index (χ1n) is 9.80. The molecule has 5 heteroatoms. The van der Waals surface area contributed by atoms with Crippen molar-refractivity contribution in [2.45, 2.75) is 45.7 Å². The number of benzene rings is 2. The van der Waals surface area contributed by atoms with E-state index in [9.17, 15) is 9.59 Å². The first kappa shape index (κ1) is 18.5. The number of amides is 2. The molecule has 0 N–H and O–H groups in total. The van der Waals surface area contributed by atoms with Gasteiger partial charge in [-0.1, -0.05) is 23.8 Å². The molecule has 2 aliphatic rings. The van der Waals surface area contributed by atoms with Gasteiger partial charge in [-0.2, -0.15) is 0 Å². The predicted octanol–water partition coefficient (Wildman–Crippen LogP) is 3.78. The molecule has 1 heterocycles. The largest absolute Gasteiger partial charge is 0.491 e. The molecule has 0 atom stereocenters. The molecule has 1 aliphatic carbocycles. The second-order valence-corrected chi connectivity index (χ2v) is 7.83. The van der Waals surface area contributed by atoms with Crippen molar-refractivity contribution in [3.8, 4) is 5.75 Å². The molecule has 2 aromatic rings. The third-order valence-electron chi connectivity index (χ3n) is 5.78. The predicted molar refractivity (Wildman–Crippen MR) is 108 cm³/mol. The van der Waals surface area contributed by atoms with Crippen LogP contribution in [0.25, 0.3) is 0 Å². The van der Waals surface area contributed by atoms with Crippen LogP contribution in [-0.2, 0) is 21.7 Å². The Morgan fingerprint density at radius 2 is 1.79 bits per heavy atom. The number of ether oxygens (including phenoxy) is 1. The van der Waals surface area contributed by atoms with E-state index < -0.39 is 0 Å². The fourth-order valence-electron chi connectivity index (χ4n) is 4.14. The summed E-state index contributed by atoms with van der Waals surface area (Å²) >= 11 is 0. The van der Waals surface area contributed by atoms with Gasteiger partial charge in [0.2, 0.25) is 11.8 Å². The van der Waals surface area contributed by atoms with E-state index in [4.69, 9.17) is 4.74 Å². The maximum absolute atomic E-state index is 12.6. The van der Waals surface area contributed by atoms with Crippen LogP contribution in [0.5, 0.6) is 5.75 Å². The van der Waals surface area contributed by atoms with Crippen LogP contribution in [0.15, 0.2) is 42.5 Å². The third kappa shape index (κ3) is 3.26. The van der Waals surface area contributed by atoms with E-state index in [0.29, 0.717) is 19.7 Å². The number of hydrogen-bond donors (Lipinski definition) is 0. The van der Waals surface area contributed by atoms with Crippen LogP contribution in [0.4, 0.5) is 5.69 Å². The Morgan fingerprint density at radius 1 is 1.07 bits per heavy atom. The van der Waals surface area contributed by atoms with Crippen LogP contribution >= 0.6 is 0 Å². The van der Waals surface area contributed by atoms with Gasteiger partial charge in [-0.15, -0.1) is 0 Å². The van der Waals surface area contributed by atoms with Crippen LogP contribution in [0, 0.1) is 6.92 Å². The number of carbonyl (C=O) groups excluding carboxylic acids is 2. The smallest absolute Gasteiger partial charge is 0.224 e. The summed E-state index contributed by atoms with van der Waals surface area (Å²) in [7, 11) is 0. The van der Waals surface area contributed by atoms with E-state index in [2.05, 4.69) is 12.1 Å². The monoisotopic (exact) mass is 378 g/mol. The number of aryl methyl sites for hydroxylation is 1. The minimum Gasteiger partial charge on any atom is -0.491 e. The van der Waals surface area contributed by atoms with Crippen molar-refractivity contribution in [3.05, 3.63) is 59.2 Å². The third-order valence-corrected chi connectivity index (χ3v) is 5.78. The summed E-state index contributed by atoms with van der Waals surface area (Å²) in [5.41, 5.74) is 3.89. The number of anilines is 1. The summed E-state index contributed by atoms with van der Waals surface area (Å²) in [6.07, 6.45) is 1.85. The maximum atomic E-state index is 12.6. The Balaban J connectivity index is 1.72. The number of nitrogens with zero attached hydrogens (tertiary/aromatic N) is 2. The van der Waals surface area contributed by atoms with Crippen molar-refractivity contribution in [1.29, 1.82) is 0 Å². The van der Waals surface area contributed by atoms with E-state index in [0.717, 1.165) is 35.4 Å². The zero-order valence-corrected chi connectivity index (χ0v) is 16.7. The van der Waals surface area contributed by atoms with E-state index in [1.165, 1.54) is 5.56 Å². The summed E-state index contributed by atoms with van der Waals surface area (Å²) in [4.78, 5) is 28.2. The van der Waals surface area contributed by atoms with Crippen molar-refractivity contribution in [3.63, 3.8) is 0 Å². The molecule has 146 valence electrons. The molecule has 2 aromatic carbocycles. The maximum Gasteiger partial charge on any atom is 0.224 e. The van der Waals surface area contributed by atoms with Crippen molar-refractivity contribution in [2.75, 3.05) is 18.1 Å². The molecule has 0 unspecified atom stereocenters. The highest BCUT2D eigenvalue weighted by Gasteiger charge is 2.51. The van der Waals surface area contributed by atoms with Gasteiger partial charge in [-0.25, -0.2) is 0 Å². The SMILES string of the molecule is CC(=O)N1CCOc2ccc(C3(N(C(C)=O)c4ccc(C)cc4)CC3)cc2C1. The minimum atomic E-state index is -0.316. The molecule has 0 bridgehead atoms. The average Bonchev–Trinajstić information content (AvgIpc) is 3.46. The molecule has 4 rings (SSSR count). The first-order chi connectivity index (χ1) is 13.4. The Kier molecular flexibility index (Phi) is 4.61. The fraction of sp³-hybridized carbons (Fsp3) is 0.391. The normalized spacial score (nSPS) is 17.2. The number of rotatable bonds is 3. The summed E-state index contributed by atoms with van der Waals surface area (Å²) < 4.78 is 5.85. The van der Waals surface area contributed by atoms with Gasteiger partial charge >= 0.3 is 0 Å². The molecule has 5 nitrogen and oxygen atoms in total. The fourth-order valence-corrected chi connectivity index (χ4v) is 4.14. The topological polar surface area (TPSA) is 49.9 Å². The van der Waals surface area contributed by atoms with E-state index in [-0.39, 0.29) is 17.4 Å². The molecule has 28 heavy (non-hydrogen) atoms. The highest BCUT2D eigenvalue weighted by Crippen LogP contribution is 2.53. The van der Waals surface area contributed by atoms with Gasteiger partial charge in [0, 0.05) is 31.6 Å². The van der Waals surface area contributed by atoms with Crippen LogP contribution in [0.3, 0.4) is 0 Å². The molecular weight excluding hydrogens is 352 g/mol. The van der Waals surface area contributed by atoms with Crippen LogP contribution in [0.2, 0.25) is 0 Å². The summed E-state index contributed by atoms with van der Waals surface area (Å²) in [5, 5.41) is 0. The Hall–Kier alpha value is -2.82. The molecule has 1 aliphatic heterocycles.